The largest absolute Gasteiger partial charge is 0.316 e. The van der Waals surface area contributed by atoms with Crippen molar-refractivity contribution in [2.24, 2.45) is 0 Å². The van der Waals surface area contributed by atoms with E-state index in [1.54, 1.807) is 0 Å². The summed E-state index contributed by atoms with van der Waals surface area (Å²) >= 11 is 0. The van der Waals surface area contributed by atoms with Gasteiger partial charge in [0, 0.05) is 0 Å². The molecule has 2 heteroatoms. The van der Waals surface area contributed by atoms with Gasteiger partial charge in [-0.05, 0) is 32.3 Å². The molecule has 0 aromatic carbocycles. The zero-order valence-electron chi connectivity index (χ0n) is 5.83. The van der Waals surface area contributed by atoms with Crippen LogP contribution in [0.4, 0.5) is 0 Å². The summed E-state index contributed by atoms with van der Waals surface area (Å²) < 4.78 is 0. The van der Waals surface area contributed by atoms with E-state index < -0.39 is 0 Å². The van der Waals surface area contributed by atoms with Crippen molar-refractivity contribution in [2.45, 2.75) is 13.3 Å². The Morgan fingerprint density at radius 1 is 1.38 bits per heavy atom. The Morgan fingerprint density at radius 3 is 2.62 bits per heavy atom. The van der Waals surface area contributed by atoms with Gasteiger partial charge in [0.2, 0.25) is 0 Å². The van der Waals surface area contributed by atoms with Crippen molar-refractivity contribution in [1.29, 1.82) is 0 Å². The van der Waals surface area contributed by atoms with E-state index in [1.807, 2.05) is 0 Å². The maximum absolute atomic E-state index is 3.34. The second-order valence-corrected chi connectivity index (χ2v) is 3.06. The molecule has 0 rings (SSSR count). The lowest BCUT2D eigenvalue weighted by molar-refractivity contribution is 0.707. The second-order valence-electron chi connectivity index (χ2n) is 1.85. The fourth-order valence-electron chi connectivity index (χ4n) is 0.515. The summed E-state index contributed by atoms with van der Waals surface area (Å²) in [5.74, 6) is 0. The normalized spacial score (nSPS) is 11.2. The van der Waals surface area contributed by atoms with Crippen LogP contribution in [-0.4, -0.2) is 25.9 Å². The van der Waals surface area contributed by atoms with Gasteiger partial charge in [0.05, 0.1) is 0 Å². The van der Waals surface area contributed by atoms with Crippen LogP contribution in [0.5, 0.6) is 0 Å². The molecule has 0 saturated carbocycles. The first-order chi connectivity index (χ1) is 3.91. The van der Waals surface area contributed by atoms with Crippen LogP contribution >= 0.6 is 8.58 Å². The average molecular weight is 133 g/mol. The van der Waals surface area contributed by atoms with E-state index in [9.17, 15) is 0 Å². The summed E-state index contributed by atoms with van der Waals surface area (Å²) in [5, 5.41) is 3.34. The molecule has 0 amide bonds. The van der Waals surface area contributed by atoms with Crippen molar-refractivity contribution in [3.05, 3.63) is 0 Å². The highest BCUT2D eigenvalue weighted by Gasteiger charge is 1.80. The van der Waals surface area contributed by atoms with Gasteiger partial charge in [-0.3, -0.25) is 0 Å². The first-order valence-electron chi connectivity index (χ1n) is 3.27. The van der Waals surface area contributed by atoms with Crippen LogP contribution in [0, 0.1) is 0 Å². The molecule has 0 saturated heterocycles. The van der Waals surface area contributed by atoms with E-state index in [0.717, 1.165) is 8.58 Å². The molecule has 0 aliphatic heterocycles. The first kappa shape index (κ1) is 8.39. The maximum Gasteiger partial charge on any atom is -0.00120 e. The Morgan fingerprint density at radius 2 is 2.12 bits per heavy atom. The summed E-state index contributed by atoms with van der Waals surface area (Å²) in [6, 6.07) is 0. The maximum atomic E-state index is 3.34. The fraction of sp³-hybridized carbons (Fsp3) is 1.00. The van der Waals surface area contributed by atoms with Gasteiger partial charge >= 0.3 is 0 Å². The molecule has 0 bridgehead atoms. The van der Waals surface area contributed by atoms with Crippen LogP contribution in [0.15, 0.2) is 0 Å². The molecule has 0 aliphatic rings. The summed E-state index contributed by atoms with van der Waals surface area (Å²) in [5.41, 5.74) is 0. The predicted molar refractivity (Wildman–Crippen MR) is 42.3 cm³/mol. The van der Waals surface area contributed by atoms with E-state index in [2.05, 4.69) is 18.9 Å². The van der Waals surface area contributed by atoms with Crippen molar-refractivity contribution in [2.75, 3.05) is 25.9 Å². The van der Waals surface area contributed by atoms with Crippen LogP contribution in [0.2, 0.25) is 0 Å². The van der Waals surface area contributed by atoms with Gasteiger partial charge in [-0.1, -0.05) is 6.92 Å². The zero-order chi connectivity index (χ0) is 6.24. The SMILES string of the molecule is CCCNCCPC. The number of hydrogen-bond acceptors (Lipinski definition) is 1. The minimum absolute atomic E-state index is 1.11. The Bertz CT molecular complexity index is 33.5. The molecule has 0 fully saturated rings. The van der Waals surface area contributed by atoms with Gasteiger partial charge in [0.1, 0.15) is 0 Å². The standard InChI is InChI=1S/C6H16NP/c1-3-4-7-5-6-8-2/h7-8H,3-6H2,1-2H3. The number of hydrogen-bond donors (Lipinski definition) is 1. The molecule has 1 unspecified atom stereocenters. The molecule has 1 N–H and O–H groups in total. The average Bonchev–Trinajstić information content (AvgIpc) is 1.81. The molecule has 0 aromatic rings. The van der Waals surface area contributed by atoms with E-state index in [-0.39, 0.29) is 0 Å². The van der Waals surface area contributed by atoms with Gasteiger partial charge in [-0.15, -0.1) is 8.58 Å². The fourth-order valence-corrected chi connectivity index (χ4v) is 0.942. The lowest BCUT2D eigenvalue weighted by Gasteiger charge is -1.98. The molecule has 1 atom stereocenters. The molecule has 1 nitrogen and oxygen atoms in total. The number of nitrogens with one attached hydrogen (secondary N) is 1. The zero-order valence-corrected chi connectivity index (χ0v) is 6.83. The van der Waals surface area contributed by atoms with Crippen LogP contribution in [-0.2, 0) is 0 Å². The monoisotopic (exact) mass is 133 g/mol. The Hall–Kier alpha value is 0.390. The van der Waals surface area contributed by atoms with Crippen molar-refractivity contribution in [1.82, 2.24) is 5.32 Å². The van der Waals surface area contributed by atoms with E-state index in [1.165, 1.54) is 25.7 Å². The second kappa shape index (κ2) is 7.39. The highest BCUT2D eigenvalue weighted by atomic mass is 31.1. The molecule has 50 valence electrons. The quantitative estimate of drug-likeness (QED) is 0.440. The van der Waals surface area contributed by atoms with Gasteiger partial charge in [-0.2, -0.15) is 0 Å². The molecule has 0 aromatic heterocycles. The lowest BCUT2D eigenvalue weighted by atomic mass is 10.5. The van der Waals surface area contributed by atoms with Crippen molar-refractivity contribution in [3.8, 4) is 0 Å². The van der Waals surface area contributed by atoms with Gasteiger partial charge in [0.25, 0.3) is 0 Å². The predicted octanol–water partition coefficient (Wildman–Crippen LogP) is 1.29. The topological polar surface area (TPSA) is 12.0 Å². The van der Waals surface area contributed by atoms with Gasteiger partial charge < -0.3 is 5.32 Å². The smallest absolute Gasteiger partial charge is 0.00120 e. The summed E-state index contributed by atoms with van der Waals surface area (Å²) in [6.45, 7) is 6.84. The molecular formula is C6H16NP. The molecule has 0 spiro atoms. The Balaban J connectivity index is 2.53. The van der Waals surface area contributed by atoms with Gasteiger partial charge in [-0.25, -0.2) is 0 Å². The van der Waals surface area contributed by atoms with E-state index in [0.29, 0.717) is 0 Å². The Kier molecular flexibility index (Phi) is 7.75. The molecular weight excluding hydrogens is 117 g/mol. The molecule has 0 aliphatic carbocycles. The van der Waals surface area contributed by atoms with Gasteiger partial charge in [0.15, 0.2) is 0 Å². The number of rotatable bonds is 5. The van der Waals surface area contributed by atoms with E-state index >= 15 is 0 Å². The van der Waals surface area contributed by atoms with Crippen LogP contribution < -0.4 is 5.32 Å². The van der Waals surface area contributed by atoms with Crippen LogP contribution in [0.3, 0.4) is 0 Å². The van der Waals surface area contributed by atoms with Crippen LogP contribution in [0.1, 0.15) is 13.3 Å². The third-order valence-corrected chi connectivity index (χ3v) is 1.73. The van der Waals surface area contributed by atoms with E-state index in [4.69, 9.17) is 0 Å². The summed E-state index contributed by atoms with van der Waals surface area (Å²) in [7, 11) is 1.11. The minimum atomic E-state index is 1.11. The highest BCUT2D eigenvalue weighted by molar-refractivity contribution is 7.37. The van der Waals surface area contributed by atoms with Crippen molar-refractivity contribution >= 4 is 8.58 Å². The summed E-state index contributed by atoms with van der Waals surface area (Å²) in [6.07, 6.45) is 2.60. The first-order valence-corrected chi connectivity index (χ1v) is 4.97. The molecule has 8 heavy (non-hydrogen) atoms. The van der Waals surface area contributed by atoms with Crippen LogP contribution in [0.25, 0.3) is 0 Å². The molecule has 0 heterocycles. The molecule has 0 radical (unpaired) electrons. The summed E-state index contributed by atoms with van der Waals surface area (Å²) in [4.78, 5) is 0. The van der Waals surface area contributed by atoms with Crippen molar-refractivity contribution < 1.29 is 0 Å². The third-order valence-electron chi connectivity index (χ3n) is 0.979. The lowest BCUT2D eigenvalue weighted by Crippen LogP contribution is -2.16. The third kappa shape index (κ3) is 6.39. The highest BCUT2D eigenvalue weighted by Crippen LogP contribution is 1.97. The Labute approximate surface area is 54.0 Å². The van der Waals surface area contributed by atoms with Crippen molar-refractivity contribution in [3.63, 3.8) is 0 Å². The minimum Gasteiger partial charge on any atom is -0.316 e.